The summed E-state index contributed by atoms with van der Waals surface area (Å²) in [4.78, 5) is 14.6. The predicted octanol–water partition coefficient (Wildman–Crippen LogP) is 1.59. The molecule has 2 rings (SSSR count). The zero-order valence-corrected chi connectivity index (χ0v) is 8.90. The van der Waals surface area contributed by atoms with Crippen LogP contribution < -0.4 is 4.74 Å². The summed E-state index contributed by atoms with van der Waals surface area (Å²) < 4.78 is 23.8. The maximum absolute atomic E-state index is 13.1. The zero-order valence-electron chi connectivity index (χ0n) is 8.90. The van der Waals surface area contributed by atoms with Gasteiger partial charge in [0.15, 0.2) is 5.78 Å². The Labute approximate surface area is 92.4 Å². The Bertz CT molecular complexity index is 402. The largest absolute Gasteiger partial charge is 0.486 e. The first kappa shape index (κ1) is 11.0. The Morgan fingerprint density at radius 3 is 3.12 bits per heavy atom. The molecule has 86 valence electrons. The normalized spacial score (nSPS) is 19.8. The van der Waals surface area contributed by atoms with Crippen molar-refractivity contribution >= 4 is 5.78 Å². The van der Waals surface area contributed by atoms with Gasteiger partial charge in [-0.1, -0.05) is 0 Å². The van der Waals surface area contributed by atoms with E-state index in [4.69, 9.17) is 9.47 Å². The predicted molar refractivity (Wildman–Crippen MR) is 54.1 cm³/mol. The van der Waals surface area contributed by atoms with Gasteiger partial charge in [0.2, 0.25) is 5.95 Å². The maximum atomic E-state index is 13.1. The molecule has 1 unspecified atom stereocenters. The molecule has 2 heterocycles. The number of halogens is 1. The summed E-state index contributed by atoms with van der Waals surface area (Å²) in [5.41, 5.74) is -0.0450. The first-order valence-electron chi connectivity index (χ1n) is 5.07. The molecule has 1 aliphatic rings. The number of Topliss-reactive ketones (excluding diaryl/α,β-unsaturated/α-hetero) is 1. The molecule has 1 aliphatic heterocycles. The highest BCUT2D eigenvalue weighted by Crippen LogP contribution is 2.19. The minimum Gasteiger partial charge on any atom is -0.486 e. The van der Waals surface area contributed by atoms with E-state index in [0.29, 0.717) is 19.0 Å². The van der Waals surface area contributed by atoms with E-state index in [0.717, 1.165) is 6.42 Å². The van der Waals surface area contributed by atoms with E-state index >= 15 is 0 Å². The fourth-order valence-electron chi connectivity index (χ4n) is 1.54. The van der Waals surface area contributed by atoms with Gasteiger partial charge in [-0.3, -0.25) is 4.79 Å². The molecule has 0 aromatic carbocycles. The van der Waals surface area contributed by atoms with Gasteiger partial charge in [0, 0.05) is 6.42 Å². The van der Waals surface area contributed by atoms with E-state index in [1.165, 1.54) is 19.2 Å². The van der Waals surface area contributed by atoms with Gasteiger partial charge in [-0.25, -0.2) is 4.98 Å². The lowest BCUT2D eigenvalue weighted by molar-refractivity contribution is 0.101. The summed E-state index contributed by atoms with van der Waals surface area (Å²) in [6.45, 7) is 2.48. The third kappa shape index (κ3) is 2.36. The SMILES string of the molecule is CC(=O)c1cc(OC2CCOC2)cnc1F. The smallest absolute Gasteiger partial charge is 0.223 e. The van der Waals surface area contributed by atoms with Crippen molar-refractivity contribution in [2.45, 2.75) is 19.4 Å². The van der Waals surface area contributed by atoms with Crippen LogP contribution in [0.4, 0.5) is 4.39 Å². The lowest BCUT2D eigenvalue weighted by atomic mass is 10.2. The number of hydrogen-bond donors (Lipinski definition) is 0. The second kappa shape index (κ2) is 4.57. The second-order valence-electron chi connectivity index (χ2n) is 3.67. The van der Waals surface area contributed by atoms with E-state index in [1.807, 2.05) is 0 Å². The number of nitrogens with zero attached hydrogens (tertiary/aromatic N) is 1. The Kier molecular flexibility index (Phi) is 3.14. The standard InChI is InChI=1S/C11H12FNO3/c1-7(14)10-4-9(5-13-11(10)12)16-8-2-3-15-6-8/h4-5,8H,2-3,6H2,1H3. The fourth-order valence-corrected chi connectivity index (χ4v) is 1.54. The van der Waals surface area contributed by atoms with Crippen LogP contribution in [-0.4, -0.2) is 30.1 Å². The molecule has 0 spiro atoms. The number of carbonyl (C=O) groups is 1. The van der Waals surface area contributed by atoms with Crippen molar-refractivity contribution in [2.75, 3.05) is 13.2 Å². The molecule has 5 heteroatoms. The van der Waals surface area contributed by atoms with Crippen molar-refractivity contribution in [1.29, 1.82) is 0 Å². The van der Waals surface area contributed by atoms with Crippen LogP contribution in [0.1, 0.15) is 23.7 Å². The fraction of sp³-hybridized carbons (Fsp3) is 0.455. The van der Waals surface area contributed by atoms with E-state index in [-0.39, 0.29) is 17.5 Å². The number of ketones is 1. The maximum Gasteiger partial charge on any atom is 0.223 e. The van der Waals surface area contributed by atoms with Gasteiger partial charge >= 0.3 is 0 Å². The summed E-state index contributed by atoms with van der Waals surface area (Å²) in [7, 11) is 0. The second-order valence-corrected chi connectivity index (χ2v) is 3.67. The number of aromatic nitrogens is 1. The van der Waals surface area contributed by atoms with Gasteiger partial charge in [-0.05, 0) is 13.0 Å². The average molecular weight is 225 g/mol. The van der Waals surface area contributed by atoms with Gasteiger partial charge in [0.25, 0.3) is 0 Å². The van der Waals surface area contributed by atoms with Crippen LogP contribution in [0.3, 0.4) is 0 Å². The molecule has 4 nitrogen and oxygen atoms in total. The summed E-state index contributed by atoms with van der Waals surface area (Å²) in [5, 5.41) is 0. The molecule has 0 saturated carbocycles. The van der Waals surface area contributed by atoms with Gasteiger partial charge in [-0.15, -0.1) is 0 Å². The summed E-state index contributed by atoms with van der Waals surface area (Å²) >= 11 is 0. The van der Waals surface area contributed by atoms with Gasteiger partial charge < -0.3 is 9.47 Å². The summed E-state index contributed by atoms with van der Waals surface area (Å²) in [6.07, 6.45) is 2.04. The molecule has 1 aromatic rings. The summed E-state index contributed by atoms with van der Waals surface area (Å²) in [5.74, 6) is -0.720. The van der Waals surface area contributed by atoms with E-state index in [9.17, 15) is 9.18 Å². The molecule has 1 aromatic heterocycles. The molecule has 0 radical (unpaired) electrons. The molecular weight excluding hydrogens is 213 g/mol. The first-order valence-corrected chi connectivity index (χ1v) is 5.07. The third-order valence-corrected chi connectivity index (χ3v) is 2.38. The molecule has 0 N–H and O–H groups in total. The topological polar surface area (TPSA) is 48.4 Å². The number of rotatable bonds is 3. The quantitative estimate of drug-likeness (QED) is 0.579. The molecule has 0 amide bonds. The minimum atomic E-state index is -0.762. The van der Waals surface area contributed by atoms with Crippen molar-refractivity contribution in [3.05, 3.63) is 23.8 Å². The lowest BCUT2D eigenvalue weighted by Gasteiger charge is -2.11. The van der Waals surface area contributed by atoms with Crippen molar-refractivity contribution in [1.82, 2.24) is 4.98 Å². The van der Waals surface area contributed by atoms with Gasteiger partial charge in [0.1, 0.15) is 11.9 Å². The highest BCUT2D eigenvalue weighted by molar-refractivity contribution is 5.94. The van der Waals surface area contributed by atoms with E-state index in [2.05, 4.69) is 4.98 Å². The van der Waals surface area contributed by atoms with Crippen LogP contribution in [-0.2, 0) is 4.74 Å². The molecule has 1 atom stereocenters. The van der Waals surface area contributed by atoms with E-state index < -0.39 is 5.95 Å². The Balaban J connectivity index is 2.15. The lowest BCUT2D eigenvalue weighted by Crippen LogP contribution is -2.16. The minimum absolute atomic E-state index is 0.0351. The van der Waals surface area contributed by atoms with Crippen molar-refractivity contribution in [3.63, 3.8) is 0 Å². The van der Waals surface area contributed by atoms with Crippen LogP contribution in [0, 0.1) is 5.95 Å². The highest BCUT2D eigenvalue weighted by Gasteiger charge is 2.18. The Hall–Kier alpha value is -1.49. The zero-order chi connectivity index (χ0) is 11.5. The van der Waals surface area contributed by atoms with Gasteiger partial charge in [0.05, 0.1) is 25.0 Å². The van der Waals surface area contributed by atoms with E-state index in [1.54, 1.807) is 0 Å². The number of hydrogen-bond acceptors (Lipinski definition) is 4. The first-order chi connectivity index (χ1) is 7.66. The number of carbonyl (C=O) groups excluding carboxylic acids is 1. The molecule has 16 heavy (non-hydrogen) atoms. The van der Waals surface area contributed by atoms with Crippen molar-refractivity contribution < 1.29 is 18.7 Å². The van der Waals surface area contributed by atoms with Crippen LogP contribution in [0.15, 0.2) is 12.3 Å². The van der Waals surface area contributed by atoms with Crippen molar-refractivity contribution in [3.8, 4) is 5.75 Å². The van der Waals surface area contributed by atoms with Crippen molar-refractivity contribution in [2.24, 2.45) is 0 Å². The number of ether oxygens (including phenoxy) is 2. The van der Waals surface area contributed by atoms with Crippen LogP contribution in [0.2, 0.25) is 0 Å². The Morgan fingerprint density at radius 2 is 2.50 bits per heavy atom. The molecule has 1 saturated heterocycles. The monoisotopic (exact) mass is 225 g/mol. The molecular formula is C11H12FNO3. The molecule has 0 bridgehead atoms. The number of pyridine rings is 1. The van der Waals surface area contributed by atoms with Crippen LogP contribution in [0.5, 0.6) is 5.75 Å². The van der Waals surface area contributed by atoms with Crippen LogP contribution in [0.25, 0.3) is 0 Å². The third-order valence-electron chi connectivity index (χ3n) is 2.38. The molecule has 0 aliphatic carbocycles. The average Bonchev–Trinajstić information content (AvgIpc) is 2.73. The highest BCUT2D eigenvalue weighted by atomic mass is 19.1. The van der Waals surface area contributed by atoms with Crippen LogP contribution >= 0.6 is 0 Å². The van der Waals surface area contributed by atoms with Gasteiger partial charge in [-0.2, -0.15) is 4.39 Å². The summed E-state index contributed by atoms with van der Waals surface area (Å²) in [6, 6.07) is 1.38. The molecule has 1 fully saturated rings. The Morgan fingerprint density at radius 1 is 1.69 bits per heavy atom.